The van der Waals surface area contributed by atoms with Crippen molar-refractivity contribution in [1.29, 1.82) is 0 Å². The van der Waals surface area contributed by atoms with Crippen LogP contribution in [-0.4, -0.2) is 33.1 Å². The number of allylic oxidation sites excluding steroid dienone is 2. The molecule has 0 aromatic rings. The molecule has 0 spiro atoms. The van der Waals surface area contributed by atoms with Gasteiger partial charge in [-0.05, 0) is 124 Å². The molecule has 0 aliphatic heterocycles. The lowest BCUT2D eigenvalue weighted by Crippen LogP contribution is -2.66. The van der Waals surface area contributed by atoms with Crippen molar-refractivity contribution >= 4 is 0 Å². The smallest absolute Gasteiger partial charge is 0.0594 e. The van der Waals surface area contributed by atoms with Crippen LogP contribution >= 0.6 is 0 Å². The Morgan fingerprint density at radius 3 is 2.18 bits per heavy atom. The number of rotatable bonds is 4. The van der Waals surface area contributed by atoms with Crippen molar-refractivity contribution < 1.29 is 15.3 Å². The fourth-order valence-electron chi connectivity index (χ4n) is 10.1. The average Bonchev–Trinajstić information content (AvgIpc) is 3.06. The quantitative estimate of drug-likeness (QED) is 0.420. The van der Waals surface area contributed by atoms with E-state index in [4.69, 9.17) is 0 Å². The molecule has 3 N–H and O–H groups in total. The Morgan fingerprint density at radius 2 is 1.55 bits per heavy atom. The summed E-state index contributed by atoms with van der Waals surface area (Å²) in [4.78, 5) is 0. The van der Waals surface area contributed by atoms with E-state index in [2.05, 4.69) is 47.6 Å². The minimum Gasteiger partial charge on any atom is -0.393 e. The van der Waals surface area contributed by atoms with Crippen LogP contribution < -0.4 is 0 Å². The van der Waals surface area contributed by atoms with Gasteiger partial charge < -0.3 is 15.3 Å². The van der Waals surface area contributed by atoms with Gasteiger partial charge >= 0.3 is 0 Å². The highest BCUT2D eigenvalue weighted by molar-refractivity contribution is 5.22. The van der Waals surface area contributed by atoms with Gasteiger partial charge in [-0.25, -0.2) is 0 Å². The van der Waals surface area contributed by atoms with Crippen LogP contribution in [0.3, 0.4) is 0 Å². The van der Waals surface area contributed by atoms with Crippen molar-refractivity contribution in [2.75, 3.05) is 0 Å². The van der Waals surface area contributed by atoms with E-state index in [0.717, 1.165) is 32.1 Å². The summed E-state index contributed by atoms with van der Waals surface area (Å²) in [6, 6.07) is 0. The van der Waals surface area contributed by atoms with E-state index in [-0.39, 0.29) is 33.9 Å². The maximum atomic E-state index is 11.7. The molecule has 4 saturated carbocycles. The van der Waals surface area contributed by atoms with Crippen molar-refractivity contribution in [2.24, 2.45) is 45.3 Å². The Balaban J connectivity index is 1.64. The van der Waals surface area contributed by atoms with Crippen molar-refractivity contribution in [3.8, 4) is 0 Å². The molecule has 0 aromatic carbocycles. The molecular weight excluding hydrogens is 408 g/mol. The third kappa shape index (κ3) is 3.78. The van der Waals surface area contributed by atoms with E-state index < -0.39 is 5.60 Å². The highest BCUT2D eigenvalue weighted by atomic mass is 16.3. The van der Waals surface area contributed by atoms with Gasteiger partial charge in [0.2, 0.25) is 0 Å². The predicted molar refractivity (Wildman–Crippen MR) is 136 cm³/mol. The van der Waals surface area contributed by atoms with Crippen molar-refractivity contribution in [3.05, 3.63) is 11.6 Å². The number of fused-ring (bicyclic) bond motifs is 5. The summed E-state index contributed by atoms with van der Waals surface area (Å²) in [7, 11) is 0. The fourth-order valence-corrected chi connectivity index (χ4v) is 10.1. The Labute approximate surface area is 203 Å². The van der Waals surface area contributed by atoms with Gasteiger partial charge in [0.1, 0.15) is 0 Å². The predicted octanol–water partition coefficient (Wildman–Crippen LogP) is 6.50. The number of hydrogen-bond donors (Lipinski definition) is 3. The molecule has 4 rings (SSSR count). The van der Waals surface area contributed by atoms with E-state index in [1.165, 1.54) is 31.3 Å². The monoisotopic (exact) mass is 460 g/mol. The lowest BCUT2D eigenvalue weighted by molar-refractivity contribution is -0.240. The van der Waals surface area contributed by atoms with Gasteiger partial charge in [0.25, 0.3) is 0 Å². The molecule has 4 aliphatic carbocycles. The third-order valence-corrected chi connectivity index (χ3v) is 12.2. The molecule has 4 aliphatic rings. The van der Waals surface area contributed by atoms with Crippen LogP contribution in [0.25, 0.3) is 0 Å². The highest BCUT2D eigenvalue weighted by Crippen LogP contribution is 2.75. The van der Waals surface area contributed by atoms with E-state index in [0.29, 0.717) is 23.7 Å². The molecule has 190 valence electrons. The molecule has 0 heterocycles. The molecule has 3 nitrogen and oxygen atoms in total. The van der Waals surface area contributed by atoms with Gasteiger partial charge in [-0.3, -0.25) is 0 Å². The van der Waals surface area contributed by atoms with Crippen LogP contribution in [0.15, 0.2) is 11.6 Å². The van der Waals surface area contributed by atoms with Gasteiger partial charge in [0, 0.05) is 0 Å². The lowest BCUT2D eigenvalue weighted by Gasteiger charge is -2.70. The Morgan fingerprint density at radius 1 is 0.909 bits per heavy atom. The van der Waals surface area contributed by atoms with E-state index in [9.17, 15) is 15.3 Å². The van der Waals surface area contributed by atoms with Gasteiger partial charge in [0.05, 0.1) is 17.8 Å². The summed E-state index contributed by atoms with van der Waals surface area (Å²) >= 11 is 0. The first-order valence-electron chi connectivity index (χ1n) is 13.8. The third-order valence-electron chi connectivity index (χ3n) is 12.2. The summed E-state index contributed by atoms with van der Waals surface area (Å²) in [5, 5.41) is 32.7. The largest absolute Gasteiger partial charge is 0.393 e. The summed E-state index contributed by atoms with van der Waals surface area (Å²) in [5.41, 5.74) is 1.34. The highest BCUT2D eigenvalue weighted by Gasteiger charge is 2.70. The van der Waals surface area contributed by atoms with Crippen LogP contribution in [0.4, 0.5) is 0 Å². The maximum Gasteiger partial charge on any atom is 0.0594 e. The van der Waals surface area contributed by atoms with Crippen molar-refractivity contribution in [1.82, 2.24) is 0 Å². The molecule has 0 aromatic heterocycles. The summed E-state index contributed by atoms with van der Waals surface area (Å²) in [6.07, 6.45) is 11.3. The first-order chi connectivity index (χ1) is 15.1. The number of aliphatic hydroxyl groups excluding tert-OH is 2. The summed E-state index contributed by atoms with van der Waals surface area (Å²) < 4.78 is 0. The second kappa shape index (κ2) is 8.07. The van der Waals surface area contributed by atoms with Crippen LogP contribution in [0.2, 0.25) is 0 Å². The molecule has 0 radical (unpaired) electrons. The molecule has 3 heteroatoms. The van der Waals surface area contributed by atoms with Crippen molar-refractivity contribution in [2.45, 2.75) is 131 Å². The second-order valence-electron chi connectivity index (χ2n) is 14.6. The molecule has 0 bridgehead atoms. The Bertz CT molecular complexity index is 778. The molecule has 33 heavy (non-hydrogen) atoms. The first-order valence-corrected chi connectivity index (χ1v) is 13.8. The zero-order valence-corrected chi connectivity index (χ0v) is 22.7. The second-order valence-corrected chi connectivity index (χ2v) is 14.6. The number of hydrogen-bond acceptors (Lipinski definition) is 3. The fraction of sp³-hybridized carbons (Fsp3) is 0.933. The molecule has 0 amide bonds. The van der Waals surface area contributed by atoms with Gasteiger partial charge in [-0.1, -0.05) is 46.3 Å². The molecular formula is C30H52O3. The Kier molecular flexibility index (Phi) is 6.28. The Hall–Kier alpha value is -0.380. The maximum absolute atomic E-state index is 11.7. The van der Waals surface area contributed by atoms with Crippen LogP contribution in [0.1, 0.15) is 113 Å². The SMILES string of the molecule is CC(=CCCC(C)(C)O)[C@H]1CC[C@]2(C)[C@@H]1[C@H](O)C[C@H]1[C@@]3(C)CC[C@H](O)C(C)(C)[C@@H]3CC[C@]12C. The van der Waals surface area contributed by atoms with E-state index in [1.807, 2.05) is 13.8 Å². The standard InChI is InChI=1S/C30H52O3/c1-19(10-9-14-26(2,3)33)20-11-16-30(8)25(20)21(31)18-23-28(6)15-13-24(32)27(4,5)22(28)12-17-29(23,30)7/h10,20-25,31-33H,9,11-18H2,1-8H3/t20-,21-,22+,23+,24+,25+,28+,29-,30-/m1/s1. The zero-order chi connectivity index (χ0) is 24.6. The molecule has 0 saturated heterocycles. The minimum atomic E-state index is -0.624. The van der Waals surface area contributed by atoms with Crippen LogP contribution in [-0.2, 0) is 0 Å². The van der Waals surface area contributed by atoms with Crippen LogP contribution in [0, 0.1) is 45.3 Å². The lowest BCUT2D eigenvalue weighted by atomic mass is 9.35. The van der Waals surface area contributed by atoms with Gasteiger partial charge in [-0.15, -0.1) is 0 Å². The molecule has 4 fully saturated rings. The minimum absolute atomic E-state index is 0.0466. The van der Waals surface area contributed by atoms with E-state index >= 15 is 0 Å². The molecule has 9 atom stereocenters. The van der Waals surface area contributed by atoms with Crippen LogP contribution in [0.5, 0.6) is 0 Å². The topological polar surface area (TPSA) is 60.7 Å². The average molecular weight is 461 g/mol. The van der Waals surface area contributed by atoms with Gasteiger partial charge in [0.15, 0.2) is 0 Å². The summed E-state index contributed by atoms with van der Waals surface area (Å²) in [6.45, 7) is 18.2. The first kappa shape index (κ1) is 25.7. The number of aliphatic hydroxyl groups is 3. The van der Waals surface area contributed by atoms with Crippen molar-refractivity contribution in [3.63, 3.8) is 0 Å². The van der Waals surface area contributed by atoms with E-state index in [1.54, 1.807) is 0 Å². The van der Waals surface area contributed by atoms with Gasteiger partial charge in [-0.2, -0.15) is 0 Å². The summed E-state index contributed by atoms with van der Waals surface area (Å²) in [5.74, 6) is 1.84. The zero-order valence-electron chi connectivity index (χ0n) is 22.7. The molecule has 0 unspecified atom stereocenters. The normalized spacial score (nSPS) is 49.8.